The van der Waals surface area contributed by atoms with Gasteiger partial charge in [-0.25, -0.2) is 25.1 Å². The zero-order chi connectivity index (χ0) is 27.5. The normalized spacial score (nSPS) is 15.7. The molecule has 0 amide bonds. The summed E-state index contributed by atoms with van der Waals surface area (Å²) in [5.74, 6) is 4.32. The van der Waals surface area contributed by atoms with E-state index in [2.05, 4.69) is 58.6 Å². The van der Waals surface area contributed by atoms with E-state index in [1.165, 1.54) is 0 Å². The summed E-state index contributed by atoms with van der Waals surface area (Å²) in [4.78, 5) is 26.0. The first-order chi connectivity index (χ1) is 20.7. The standard InChI is InChI=1S/C33H20N9/c1-40-28-20-12-4-5-13-21(20)29(40)38-33-25-17-9-7-15-23(25)31-36-27-19-11-3-2-10-18(19)26(34-27)35-30-22-14-6-8-16-24(22)32(37-28)41(30)39-42(31)33/h2-17,39H,1H3/q+1. The number of hydrogen-bond donors (Lipinski definition) is 1. The lowest BCUT2D eigenvalue weighted by Crippen LogP contribution is -2.39. The van der Waals surface area contributed by atoms with E-state index in [-0.39, 0.29) is 0 Å². The molecule has 10 rings (SSSR count). The van der Waals surface area contributed by atoms with Gasteiger partial charge in [-0.2, -0.15) is 9.35 Å². The van der Waals surface area contributed by atoms with Crippen molar-refractivity contribution in [3.8, 4) is 0 Å². The minimum Gasteiger partial charge on any atom is -0.229 e. The van der Waals surface area contributed by atoms with Crippen molar-refractivity contribution in [1.82, 2.24) is 9.35 Å². The Morgan fingerprint density at radius 2 is 1.02 bits per heavy atom. The third kappa shape index (κ3) is 2.67. The topological polar surface area (TPSA) is 86.7 Å². The maximum absolute atomic E-state index is 5.33. The minimum atomic E-state index is 0.620. The summed E-state index contributed by atoms with van der Waals surface area (Å²) in [7, 11) is 2.03. The number of amidine groups is 4. The lowest BCUT2D eigenvalue weighted by molar-refractivity contribution is -0.367. The zero-order valence-electron chi connectivity index (χ0n) is 22.3. The van der Waals surface area contributed by atoms with Crippen molar-refractivity contribution >= 4 is 56.5 Å². The van der Waals surface area contributed by atoms with E-state index < -0.39 is 0 Å². The Morgan fingerprint density at radius 3 is 1.71 bits per heavy atom. The van der Waals surface area contributed by atoms with Gasteiger partial charge in [0.15, 0.2) is 23.0 Å². The second-order valence-corrected chi connectivity index (χ2v) is 10.7. The SMILES string of the molecule is C[N+]1=C2N=c3c4ccccc4c4n3Nn3c(c5ccccc5c3N=C1c1ccccc12)N=C1N=C(N=4)c2ccccc21. The molecule has 0 aliphatic carbocycles. The summed E-state index contributed by atoms with van der Waals surface area (Å²) in [6.45, 7) is 0. The van der Waals surface area contributed by atoms with Gasteiger partial charge >= 0.3 is 0 Å². The van der Waals surface area contributed by atoms with Gasteiger partial charge in [0.05, 0.1) is 18.2 Å². The molecule has 0 unspecified atom stereocenters. The van der Waals surface area contributed by atoms with Gasteiger partial charge < -0.3 is 0 Å². The third-order valence-electron chi connectivity index (χ3n) is 8.38. The molecule has 0 spiro atoms. The molecule has 0 radical (unpaired) electrons. The van der Waals surface area contributed by atoms with Crippen molar-refractivity contribution in [2.75, 3.05) is 12.6 Å². The van der Waals surface area contributed by atoms with Crippen LogP contribution in [0.2, 0.25) is 0 Å². The van der Waals surface area contributed by atoms with Crippen molar-refractivity contribution in [2.24, 2.45) is 25.0 Å². The van der Waals surface area contributed by atoms with Gasteiger partial charge in [0.2, 0.25) is 11.3 Å². The van der Waals surface area contributed by atoms with Gasteiger partial charge in [0, 0.05) is 32.7 Å². The Balaban J connectivity index is 1.49. The van der Waals surface area contributed by atoms with Crippen LogP contribution >= 0.6 is 0 Å². The van der Waals surface area contributed by atoms with Crippen molar-refractivity contribution in [2.45, 2.75) is 0 Å². The summed E-state index contributed by atoms with van der Waals surface area (Å²) >= 11 is 0. The van der Waals surface area contributed by atoms with E-state index in [4.69, 9.17) is 25.0 Å². The minimum absolute atomic E-state index is 0.620. The van der Waals surface area contributed by atoms with Crippen LogP contribution in [0.15, 0.2) is 122 Å². The average Bonchev–Trinajstić information content (AvgIpc) is 3.70. The third-order valence-corrected chi connectivity index (χ3v) is 8.38. The van der Waals surface area contributed by atoms with Crippen molar-refractivity contribution in [3.63, 3.8) is 0 Å². The Kier molecular flexibility index (Phi) is 3.95. The lowest BCUT2D eigenvalue weighted by atomic mass is 10.1. The van der Waals surface area contributed by atoms with Gasteiger partial charge in [-0.15, -0.1) is 0 Å². The summed E-state index contributed by atoms with van der Waals surface area (Å²) < 4.78 is 5.97. The molecule has 4 aromatic carbocycles. The molecule has 0 saturated carbocycles. The molecule has 0 saturated heterocycles. The highest BCUT2D eigenvalue weighted by Crippen LogP contribution is 2.39. The molecule has 2 aromatic heterocycles. The smallest absolute Gasteiger partial charge is 0.229 e. The maximum atomic E-state index is 5.33. The first-order valence-corrected chi connectivity index (χ1v) is 13.8. The molecule has 9 heteroatoms. The molecule has 4 aliphatic rings. The Hall–Kier alpha value is -5.96. The van der Waals surface area contributed by atoms with E-state index in [0.717, 1.165) is 66.8 Å². The summed E-state index contributed by atoms with van der Waals surface area (Å²) in [5.41, 5.74) is 9.03. The molecule has 9 nitrogen and oxygen atoms in total. The fourth-order valence-electron chi connectivity index (χ4n) is 6.43. The maximum Gasteiger partial charge on any atom is 0.273 e. The molecule has 6 bridgehead atoms. The number of benzene rings is 4. The lowest BCUT2D eigenvalue weighted by Gasteiger charge is -2.13. The quantitative estimate of drug-likeness (QED) is 0.287. The van der Waals surface area contributed by atoms with E-state index in [9.17, 15) is 0 Å². The van der Waals surface area contributed by atoms with E-state index in [1.807, 2.05) is 64.9 Å². The summed E-state index contributed by atoms with van der Waals surface area (Å²) in [6.07, 6.45) is 0. The molecule has 6 heterocycles. The van der Waals surface area contributed by atoms with Crippen LogP contribution in [0.4, 0.5) is 11.6 Å². The predicted molar refractivity (Wildman–Crippen MR) is 163 cm³/mol. The number of nitrogens with one attached hydrogen (secondary N) is 1. The van der Waals surface area contributed by atoms with E-state index in [1.54, 1.807) is 0 Å². The second kappa shape index (κ2) is 7.61. The largest absolute Gasteiger partial charge is 0.273 e. The first-order valence-electron chi connectivity index (χ1n) is 13.8. The van der Waals surface area contributed by atoms with Crippen molar-refractivity contribution in [3.05, 3.63) is 130 Å². The highest BCUT2D eigenvalue weighted by atomic mass is 15.7. The molecular formula is C33H20N9+. The fourth-order valence-corrected chi connectivity index (χ4v) is 6.43. The Morgan fingerprint density at radius 1 is 0.500 bits per heavy atom. The molecule has 1 N–H and O–H groups in total. The number of fused-ring (bicyclic) bond motifs is 14. The molecule has 42 heavy (non-hydrogen) atoms. The Bertz CT molecular complexity index is 2500. The van der Waals surface area contributed by atoms with E-state index >= 15 is 0 Å². The van der Waals surface area contributed by atoms with Crippen LogP contribution in [0.3, 0.4) is 0 Å². The highest BCUT2D eigenvalue weighted by Gasteiger charge is 2.35. The number of rotatable bonds is 0. The molecule has 0 atom stereocenters. The van der Waals surface area contributed by atoms with Crippen LogP contribution in [0.5, 0.6) is 0 Å². The predicted octanol–water partition coefficient (Wildman–Crippen LogP) is 4.19. The average molecular weight is 543 g/mol. The zero-order valence-corrected chi connectivity index (χ0v) is 22.3. The molecule has 0 fully saturated rings. The van der Waals surface area contributed by atoms with Crippen LogP contribution in [0.1, 0.15) is 22.3 Å². The van der Waals surface area contributed by atoms with Gasteiger partial charge in [-0.1, -0.05) is 82.8 Å². The second-order valence-electron chi connectivity index (χ2n) is 10.7. The van der Waals surface area contributed by atoms with Crippen LogP contribution in [-0.4, -0.2) is 44.3 Å². The molecule has 196 valence electrons. The number of aromatic nitrogens is 2. The summed E-state index contributed by atoms with van der Waals surface area (Å²) in [5, 5.41) is 3.87. The van der Waals surface area contributed by atoms with Crippen molar-refractivity contribution in [1.29, 1.82) is 0 Å². The fraction of sp³-hybridized carbons (Fsp3) is 0.0303. The Labute approximate surface area is 238 Å². The number of aliphatic imine (C=N–C) groups is 3. The molecule has 4 aliphatic heterocycles. The van der Waals surface area contributed by atoms with Gasteiger partial charge in [0.1, 0.15) is 0 Å². The van der Waals surface area contributed by atoms with Crippen LogP contribution in [0.25, 0.3) is 21.5 Å². The monoisotopic (exact) mass is 542 g/mol. The molecule has 6 aromatic rings. The van der Waals surface area contributed by atoms with Gasteiger partial charge in [-0.3, -0.25) is 0 Å². The van der Waals surface area contributed by atoms with E-state index in [0.29, 0.717) is 23.0 Å². The van der Waals surface area contributed by atoms with Gasteiger partial charge in [-0.05, 0) is 24.3 Å². The highest BCUT2D eigenvalue weighted by molar-refractivity contribution is 6.24. The summed E-state index contributed by atoms with van der Waals surface area (Å²) in [6, 6.07) is 32.9. The van der Waals surface area contributed by atoms with Crippen LogP contribution in [-0.2, 0) is 0 Å². The molecular weight excluding hydrogens is 522 g/mol. The van der Waals surface area contributed by atoms with Gasteiger partial charge in [0.25, 0.3) is 11.7 Å². The number of hydrogen-bond acceptors (Lipinski definition) is 6. The van der Waals surface area contributed by atoms with Crippen LogP contribution in [0, 0.1) is 0 Å². The number of nitrogens with zero attached hydrogens (tertiary/aromatic N) is 8. The van der Waals surface area contributed by atoms with Crippen LogP contribution < -0.4 is 16.5 Å². The first kappa shape index (κ1) is 21.8. The van der Waals surface area contributed by atoms with Crippen molar-refractivity contribution < 1.29 is 4.58 Å².